The highest BCUT2D eigenvalue weighted by Crippen LogP contribution is 2.32. The van der Waals surface area contributed by atoms with Gasteiger partial charge in [0.05, 0.1) is 25.7 Å². The lowest BCUT2D eigenvalue weighted by Gasteiger charge is -2.12. The summed E-state index contributed by atoms with van der Waals surface area (Å²) in [6.07, 6.45) is 2.60. The summed E-state index contributed by atoms with van der Waals surface area (Å²) in [4.78, 5) is 24.4. The molecule has 0 saturated carbocycles. The van der Waals surface area contributed by atoms with Crippen LogP contribution in [0.4, 0.5) is 4.39 Å². The lowest BCUT2D eigenvalue weighted by atomic mass is 9.95. The van der Waals surface area contributed by atoms with Crippen molar-refractivity contribution in [2.75, 3.05) is 14.2 Å². The Labute approximate surface area is 190 Å². The molecule has 0 aliphatic rings. The number of halogens is 1. The SMILES string of the molecule is COC(=O)C(C)c1ccc(-c2ccc(O)c(C(=O)/C=C/c3cccc(OC)c3O)c2)c(F)c1. The summed E-state index contributed by atoms with van der Waals surface area (Å²) < 4.78 is 24.6. The lowest BCUT2D eigenvalue weighted by molar-refractivity contribution is -0.142. The summed E-state index contributed by atoms with van der Waals surface area (Å²) in [5.41, 5.74) is 1.37. The third-order valence-electron chi connectivity index (χ3n) is 5.29. The molecule has 3 aromatic rings. The highest BCUT2D eigenvalue weighted by atomic mass is 19.1. The van der Waals surface area contributed by atoms with E-state index in [2.05, 4.69) is 0 Å². The van der Waals surface area contributed by atoms with Crippen molar-refractivity contribution in [3.8, 4) is 28.4 Å². The van der Waals surface area contributed by atoms with Crippen molar-refractivity contribution >= 4 is 17.8 Å². The van der Waals surface area contributed by atoms with E-state index in [9.17, 15) is 24.2 Å². The van der Waals surface area contributed by atoms with E-state index in [0.29, 0.717) is 16.7 Å². The van der Waals surface area contributed by atoms with Crippen LogP contribution in [-0.2, 0) is 9.53 Å². The minimum atomic E-state index is -0.631. The Kier molecular flexibility index (Phi) is 7.13. The number of hydrogen-bond acceptors (Lipinski definition) is 6. The van der Waals surface area contributed by atoms with Crippen LogP contribution in [-0.4, -0.2) is 36.2 Å². The van der Waals surface area contributed by atoms with Crippen molar-refractivity contribution in [2.45, 2.75) is 12.8 Å². The van der Waals surface area contributed by atoms with Crippen LogP contribution in [0.3, 0.4) is 0 Å². The van der Waals surface area contributed by atoms with Crippen LogP contribution >= 0.6 is 0 Å². The summed E-state index contributed by atoms with van der Waals surface area (Å²) in [6, 6.07) is 13.4. The first kappa shape index (κ1) is 23.5. The van der Waals surface area contributed by atoms with Gasteiger partial charge in [-0.25, -0.2) is 4.39 Å². The summed E-state index contributed by atoms with van der Waals surface area (Å²) in [7, 11) is 2.68. The zero-order chi connectivity index (χ0) is 24.1. The molecule has 0 aliphatic heterocycles. The fourth-order valence-electron chi connectivity index (χ4n) is 3.34. The van der Waals surface area contributed by atoms with E-state index in [1.165, 1.54) is 56.7 Å². The third kappa shape index (κ3) is 5.03. The Hall–Kier alpha value is -4.13. The van der Waals surface area contributed by atoms with Crippen LogP contribution in [0.1, 0.15) is 34.3 Å². The van der Waals surface area contributed by atoms with Crippen LogP contribution < -0.4 is 4.74 Å². The summed E-state index contributed by atoms with van der Waals surface area (Å²) in [5.74, 6) is -2.35. The first-order chi connectivity index (χ1) is 15.8. The molecule has 0 radical (unpaired) electrons. The van der Waals surface area contributed by atoms with E-state index < -0.39 is 23.5 Å². The normalized spacial score (nSPS) is 11.9. The van der Waals surface area contributed by atoms with Crippen molar-refractivity contribution in [1.29, 1.82) is 0 Å². The van der Waals surface area contributed by atoms with Gasteiger partial charge in [-0.1, -0.05) is 30.3 Å². The predicted octanol–water partition coefficient (Wildman–Crippen LogP) is 5.09. The number of allylic oxidation sites excluding steroid dienone is 1. The lowest BCUT2D eigenvalue weighted by Crippen LogP contribution is -2.11. The molecule has 0 aliphatic carbocycles. The second-order valence-corrected chi connectivity index (χ2v) is 7.31. The van der Waals surface area contributed by atoms with Crippen LogP contribution in [0, 0.1) is 5.82 Å². The van der Waals surface area contributed by atoms with Gasteiger partial charge in [0.1, 0.15) is 11.6 Å². The van der Waals surface area contributed by atoms with E-state index in [1.54, 1.807) is 31.2 Å². The molecule has 3 rings (SSSR count). The van der Waals surface area contributed by atoms with Gasteiger partial charge in [-0.15, -0.1) is 0 Å². The monoisotopic (exact) mass is 450 g/mol. The van der Waals surface area contributed by atoms with Gasteiger partial charge in [-0.05, 0) is 54.5 Å². The number of phenolic OH excluding ortho intramolecular Hbond substituents is 2. The first-order valence-corrected chi connectivity index (χ1v) is 10.1. The molecule has 0 aromatic heterocycles. The molecule has 0 fully saturated rings. The molecule has 170 valence electrons. The molecule has 0 spiro atoms. The molecular formula is C26H23FO6. The highest BCUT2D eigenvalue weighted by molar-refractivity contribution is 6.09. The number of esters is 1. The Morgan fingerprint density at radius 2 is 1.79 bits per heavy atom. The van der Waals surface area contributed by atoms with Crippen LogP contribution in [0.15, 0.2) is 60.7 Å². The minimum Gasteiger partial charge on any atom is -0.507 e. The number of ketones is 1. The third-order valence-corrected chi connectivity index (χ3v) is 5.29. The van der Waals surface area contributed by atoms with Crippen molar-refractivity contribution in [3.63, 3.8) is 0 Å². The average Bonchev–Trinajstić information content (AvgIpc) is 2.82. The zero-order valence-electron chi connectivity index (χ0n) is 18.3. The number of ether oxygens (including phenoxy) is 2. The Morgan fingerprint density at radius 3 is 2.45 bits per heavy atom. The molecule has 6 nitrogen and oxygen atoms in total. The molecule has 7 heteroatoms. The molecule has 0 saturated heterocycles. The molecule has 0 amide bonds. The number of carbonyl (C=O) groups excluding carboxylic acids is 2. The number of methoxy groups -OCH3 is 2. The topological polar surface area (TPSA) is 93.1 Å². The van der Waals surface area contributed by atoms with Crippen molar-refractivity contribution in [1.82, 2.24) is 0 Å². The maximum absolute atomic E-state index is 14.8. The fraction of sp³-hybridized carbons (Fsp3) is 0.154. The second-order valence-electron chi connectivity index (χ2n) is 7.31. The van der Waals surface area contributed by atoms with Gasteiger partial charge < -0.3 is 19.7 Å². The Bertz CT molecular complexity index is 1230. The summed E-state index contributed by atoms with van der Waals surface area (Å²) in [6.45, 7) is 1.62. The van der Waals surface area contributed by atoms with Crippen molar-refractivity contribution < 1.29 is 33.7 Å². The maximum Gasteiger partial charge on any atom is 0.312 e. The Balaban J connectivity index is 1.91. The van der Waals surface area contributed by atoms with Gasteiger partial charge >= 0.3 is 5.97 Å². The Morgan fingerprint density at radius 1 is 1.03 bits per heavy atom. The molecule has 0 heterocycles. The molecule has 2 N–H and O–H groups in total. The molecule has 33 heavy (non-hydrogen) atoms. The van der Waals surface area contributed by atoms with E-state index in [1.807, 2.05) is 0 Å². The van der Waals surface area contributed by atoms with Gasteiger partial charge in [0.2, 0.25) is 0 Å². The standard InChI is InChI=1S/C26H23FO6/c1-15(26(31)33-3)17-7-10-19(21(27)14-17)18-9-12-23(29)20(13-18)22(28)11-8-16-5-4-6-24(32-2)25(16)30/h4-15,29-30H,1-3H3/b11-8+. The van der Waals surface area contributed by atoms with Crippen molar-refractivity contribution in [3.05, 3.63) is 83.2 Å². The quantitative estimate of drug-likeness (QED) is 0.296. The van der Waals surface area contributed by atoms with Gasteiger partial charge in [-0.3, -0.25) is 9.59 Å². The average molecular weight is 450 g/mol. The van der Waals surface area contributed by atoms with E-state index >= 15 is 0 Å². The van der Waals surface area contributed by atoms with Crippen LogP contribution in [0.25, 0.3) is 17.2 Å². The van der Waals surface area contributed by atoms with Crippen LogP contribution in [0.2, 0.25) is 0 Å². The molecule has 1 atom stereocenters. The number of hydrogen-bond donors (Lipinski definition) is 2. The van der Waals surface area contributed by atoms with Gasteiger partial charge in [0.25, 0.3) is 0 Å². The number of aromatic hydroxyl groups is 2. The summed E-state index contributed by atoms with van der Waals surface area (Å²) in [5, 5.41) is 20.3. The van der Waals surface area contributed by atoms with Gasteiger partial charge in [-0.2, -0.15) is 0 Å². The number of para-hydroxylation sites is 1. The predicted molar refractivity (Wildman–Crippen MR) is 122 cm³/mol. The second kappa shape index (κ2) is 9.99. The van der Waals surface area contributed by atoms with Gasteiger partial charge in [0, 0.05) is 11.1 Å². The number of rotatable bonds is 7. The highest BCUT2D eigenvalue weighted by Gasteiger charge is 2.18. The summed E-state index contributed by atoms with van der Waals surface area (Å²) >= 11 is 0. The smallest absolute Gasteiger partial charge is 0.312 e. The van der Waals surface area contributed by atoms with Crippen molar-refractivity contribution in [2.24, 2.45) is 0 Å². The number of phenols is 2. The molecule has 3 aromatic carbocycles. The van der Waals surface area contributed by atoms with E-state index in [4.69, 9.17) is 9.47 Å². The fourth-order valence-corrected chi connectivity index (χ4v) is 3.34. The molecule has 1 unspecified atom stereocenters. The number of benzene rings is 3. The first-order valence-electron chi connectivity index (χ1n) is 10.1. The molecule has 0 bridgehead atoms. The molecular weight excluding hydrogens is 427 g/mol. The maximum atomic E-state index is 14.8. The van der Waals surface area contributed by atoms with Crippen LogP contribution in [0.5, 0.6) is 17.2 Å². The minimum absolute atomic E-state index is 0.0301. The van der Waals surface area contributed by atoms with E-state index in [-0.39, 0.29) is 28.4 Å². The zero-order valence-corrected chi connectivity index (χ0v) is 18.3. The van der Waals surface area contributed by atoms with Gasteiger partial charge in [0.15, 0.2) is 17.3 Å². The largest absolute Gasteiger partial charge is 0.507 e. The number of carbonyl (C=O) groups is 2. The van der Waals surface area contributed by atoms with E-state index in [0.717, 1.165) is 0 Å².